The van der Waals surface area contributed by atoms with Crippen LogP contribution in [0.5, 0.6) is 0 Å². The summed E-state index contributed by atoms with van der Waals surface area (Å²) in [6.45, 7) is 5.38. The minimum absolute atomic E-state index is 0.000650. The van der Waals surface area contributed by atoms with Gasteiger partial charge in [0.05, 0.1) is 17.1 Å². The quantitative estimate of drug-likeness (QED) is 0.456. The molecule has 9 nitrogen and oxygen atoms in total. The van der Waals surface area contributed by atoms with E-state index in [1.54, 1.807) is 0 Å². The highest BCUT2D eigenvalue weighted by Gasteiger charge is 2.33. The number of hydrazine groups is 1. The van der Waals surface area contributed by atoms with Crippen LogP contribution >= 0.6 is 0 Å². The molecule has 0 aliphatic carbocycles. The average Bonchev–Trinajstić information content (AvgIpc) is 2.36. The number of ether oxygens (including phenoxy) is 1. The van der Waals surface area contributed by atoms with Gasteiger partial charge in [0.15, 0.2) is 0 Å². The third kappa shape index (κ3) is 2.71. The molecule has 1 aromatic rings. The Morgan fingerprint density at radius 1 is 1.58 bits per heavy atom. The van der Waals surface area contributed by atoms with Gasteiger partial charge in [-0.3, -0.25) is 10.1 Å². The summed E-state index contributed by atoms with van der Waals surface area (Å²) in [5.41, 5.74) is 1.63. The van der Waals surface area contributed by atoms with E-state index >= 15 is 0 Å². The van der Waals surface area contributed by atoms with Crippen LogP contribution in [0.1, 0.15) is 13.8 Å². The number of nitrogens with two attached hydrogens (primary N) is 1. The molecule has 1 aliphatic rings. The van der Waals surface area contributed by atoms with E-state index in [0.29, 0.717) is 19.7 Å². The van der Waals surface area contributed by atoms with Gasteiger partial charge in [0.2, 0.25) is 11.6 Å². The number of nitrogen functional groups attached to an aromatic ring is 1. The molecule has 0 unspecified atom stereocenters. The van der Waals surface area contributed by atoms with Crippen LogP contribution in [-0.2, 0) is 4.74 Å². The van der Waals surface area contributed by atoms with E-state index in [2.05, 4.69) is 15.4 Å². The first-order valence-electron chi connectivity index (χ1n) is 5.79. The summed E-state index contributed by atoms with van der Waals surface area (Å²) in [6, 6.07) is 0. The van der Waals surface area contributed by atoms with Crippen LogP contribution < -0.4 is 16.2 Å². The van der Waals surface area contributed by atoms with E-state index in [0.717, 1.165) is 0 Å². The van der Waals surface area contributed by atoms with Gasteiger partial charge in [0.25, 0.3) is 0 Å². The third-order valence-corrected chi connectivity index (χ3v) is 2.85. The molecule has 0 saturated carbocycles. The highest BCUT2D eigenvalue weighted by atomic mass is 16.6. The molecule has 0 bridgehead atoms. The summed E-state index contributed by atoms with van der Waals surface area (Å²) in [6.07, 6.45) is 1.25. The molecule has 0 aromatic carbocycles. The summed E-state index contributed by atoms with van der Waals surface area (Å²) in [7, 11) is 0. The molecule has 0 radical (unpaired) electrons. The fourth-order valence-electron chi connectivity index (χ4n) is 2.07. The lowest BCUT2D eigenvalue weighted by atomic mass is 10.1. The predicted molar refractivity (Wildman–Crippen MR) is 68.7 cm³/mol. The van der Waals surface area contributed by atoms with Crippen molar-refractivity contribution in [2.75, 3.05) is 30.0 Å². The summed E-state index contributed by atoms with van der Waals surface area (Å²) in [5, 5.41) is 11.2. The molecule has 1 aliphatic heterocycles. The monoisotopic (exact) mass is 268 g/mol. The fraction of sp³-hybridized carbons (Fsp3) is 0.600. The van der Waals surface area contributed by atoms with Crippen LogP contribution in [0.15, 0.2) is 6.33 Å². The van der Waals surface area contributed by atoms with Crippen LogP contribution in [0.2, 0.25) is 0 Å². The Bertz CT molecular complexity index is 492. The predicted octanol–water partition coefficient (Wildman–Crippen LogP) is 0.286. The smallest absolute Gasteiger partial charge is 0.354 e. The molecule has 2 rings (SSSR count). The first kappa shape index (κ1) is 13.4. The fourth-order valence-corrected chi connectivity index (χ4v) is 2.07. The lowest BCUT2D eigenvalue weighted by Gasteiger charge is -2.38. The Morgan fingerprint density at radius 3 is 2.89 bits per heavy atom. The van der Waals surface area contributed by atoms with Gasteiger partial charge in [-0.2, -0.15) is 0 Å². The highest BCUT2D eigenvalue weighted by molar-refractivity contribution is 5.70. The minimum Gasteiger partial charge on any atom is -0.372 e. The van der Waals surface area contributed by atoms with Crippen LogP contribution in [-0.4, -0.2) is 40.2 Å². The maximum absolute atomic E-state index is 11.2. The number of aromatic nitrogens is 2. The number of nitro groups is 1. The van der Waals surface area contributed by atoms with Crippen molar-refractivity contribution in [3.63, 3.8) is 0 Å². The molecule has 19 heavy (non-hydrogen) atoms. The van der Waals surface area contributed by atoms with Gasteiger partial charge >= 0.3 is 5.69 Å². The van der Waals surface area contributed by atoms with Gasteiger partial charge in [0.1, 0.15) is 6.33 Å². The third-order valence-electron chi connectivity index (χ3n) is 2.85. The Kier molecular flexibility index (Phi) is 3.49. The molecule has 9 heteroatoms. The maximum Gasteiger partial charge on any atom is 0.354 e. The summed E-state index contributed by atoms with van der Waals surface area (Å²) in [5.74, 6) is 5.51. The van der Waals surface area contributed by atoms with E-state index < -0.39 is 4.92 Å². The van der Waals surface area contributed by atoms with Crippen molar-refractivity contribution >= 4 is 17.3 Å². The second-order valence-corrected chi connectivity index (χ2v) is 4.83. The zero-order valence-electron chi connectivity index (χ0n) is 10.8. The number of rotatable bonds is 3. The highest BCUT2D eigenvalue weighted by Crippen LogP contribution is 2.33. The Hall–Kier alpha value is -2.00. The molecule has 0 atom stereocenters. The Balaban J connectivity index is 2.41. The second-order valence-electron chi connectivity index (χ2n) is 4.83. The molecule has 2 heterocycles. The van der Waals surface area contributed by atoms with Crippen LogP contribution in [0.3, 0.4) is 0 Å². The largest absolute Gasteiger partial charge is 0.372 e. The Morgan fingerprint density at radius 2 is 2.32 bits per heavy atom. The van der Waals surface area contributed by atoms with Crippen molar-refractivity contribution < 1.29 is 9.66 Å². The van der Waals surface area contributed by atoms with Crippen molar-refractivity contribution in [3.05, 3.63) is 16.4 Å². The zero-order valence-corrected chi connectivity index (χ0v) is 10.8. The normalized spacial score (nSPS) is 18.2. The molecular formula is C10H16N6O3. The average molecular weight is 268 g/mol. The molecule has 0 spiro atoms. The van der Waals surface area contributed by atoms with E-state index in [9.17, 15) is 10.1 Å². The van der Waals surface area contributed by atoms with Gasteiger partial charge in [0, 0.05) is 13.1 Å². The van der Waals surface area contributed by atoms with Crippen molar-refractivity contribution in [2.24, 2.45) is 5.84 Å². The van der Waals surface area contributed by atoms with E-state index in [1.807, 2.05) is 18.7 Å². The van der Waals surface area contributed by atoms with Crippen molar-refractivity contribution in [3.8, 4) is 0 Å². The lowest BCUT2D eigenvalue weighted by molar-refractivity contribution is -0.383. The number of nitrogens with zero attached hydrogens (tertiary/aromatic N) is 4. The number of nitrogens with one attached hydrogen (secondary N) is 1. The van der Waals surface area contributed by atoms with Gasteiger partial charge in [-0.05, 0) is 13.8 Å². The molecule has 1 fully saturated rings. The molecule has 104 valence electrons. The standard InChI is InChI=1S/C10H16N6O3/c1-10(2)5-15(3-4-19-10)9-7(16(17)18)8(14-11)12-6-13-9/h6H,3-5,11H2,1-2H3,(H,12,13,14). The van der Waals surface area contributed by atoms with Gasteiger partial charge < -0.3 is 15.1 Å². The maximum atomic E-state index is 11.2. The first-order valence-corrected chi connectivity index (χ1v) is 5.79. The first-order chi connectivity index (χ1) is 8.94. The molecule has 0 amide bonds. The number of hydrogen-bond acceptors (Lipinski definition) is 8. The number of anilines is 2. The van der Waals surface area contributed by atoms with Crippen molar-refractivity contribution in [2.45, 2.75) is 19.4 Å². The van der Waals surface area contributed by atoms with Crippen LogP contribution in [0.25, 0.3) is 0 Å². The number of hydrogen-bond donors (Lipinski definition) is 2. The van der Waals surface area contributed by atoms with Crippen LogP contribution in [0, 0.1) is 10.1 Å². The lowest BCUT2D eigenvalue weighted by Crippen LogP contribution is -2.48. The molecule has 1 aromatic heterocycles. The molecule has 3 N–H and O–H groups in total. The minimum atomic E-state index is -0.535. The summed E-state index contributed by atoms with van der Waals surface area (Å²) >= 11 is 0. The van der Waals surface area contributed by atoms with Crippen molar-refractivity contribution in [1.29, 1.82) is 0 Å². The zero-order chi connectivity index (χ0) is 14.0. The van der Waals surface area contributed by atoms with Crippen LogP contribution in [0.4, 0.5) is 17.3 Å². The van der Waals surface area contributed by atoms with Crippen molar-refractivity contribution in [1.82, 2.24) is 9.97 Å². The molecular weight excluding hydrogens is 252 g/mol. The summed E-state index contributed by atoms with van der Waals surface area (Å²) < 4.78 is 5.58. The van der Waals surface area contributed by atoms with E-state index in [1.165, 1.54) is 6.33 Å². The van der Waals surface area contributed by atoms with E-state index in [4.69, 9.17) is 10.6 Å². The topological polar surface area (TPSA) is 119 Å². The SMILES string of the molecule is CC1(C)CN(c2ncnc(NN)c2[N+](=O)[O-])CCO1. The number of morpholine rings is 1. The summed E-state index contributed by atoms with van der Waals surface area (Å²) in [4.78, 5) is 20.2. The second kappa shape index (κ2) is 4.94. The van der Waals surface area contributed by atoms with E-state index in [-0.39, 0.29) is 22.9 Å². The van der Waals surface area contributed by atoms with Gasteiger partial charge in [-0.25, -0.2) is 15.8 Å². The Labute approximate surface area is 109 Å². The van der Waals surface area contributed by atoms with Gasteiger partial charge in [-0.1, -0.05) is 0 Å². The van der Waals surface area contributed by atoms with Gasteiger partial charge in [-0.15, -0.1) is 0 Å². The molecule has 1 saturated heterocycles.